The topological polar surface area (TPSA) is 35.3 Å². The van der Waals surface area contributed by atoms with Gasteiger partial charge in [-0.2, -0.15) is 0 Å². The Morgan fingerprint density at radius 2 is 2.67 bits per heavy atom. The van der Waals surface area contributed by atoms with Crippen LogP contribution in [-0.4, -0.2) is 10.2 Å². The van der Waals surface area contributed by atoms with E-state index in [4.69, 9.17) is 4.74 Å². The Labute approximate surface area is 61.1 Å². The summed E-state index contributed by atoms with van der Waals surface area (Å²) in [5.41, 5.74) is 0. The molecule has 3 nitrogen and oxygen atoms in total. The molecule has 50 valence electrons. The van der Waals surface area contributed by atoms with Gasteiger partial charge in [-0.25, -0.2) is 0 Å². The van der Waals surface area contributed by atoms with E-state index in [0.717, 1.165) is 0 Å². The van der Waals surface area contributed by atoms with Crippen molar-refractivity contribution in [1.29, 1.82) is 0 Å². The first-order valence-corrected chi connectivity index (χ1v) is 3.42. The normalized spacial score (nSPS) is 13.1. The van der Waals surface area contributed by atoms with Crippen molar-refractivity contribution in [3.8, 4) is 5.95 Å². The van der Waals surface area contributed by atoms with Crippen LogP contribution in [0.2, 0.25) is 0 Å². The molecule has 9 heavy (non-hydrogen) atoms. The Morgan fingerprint density at radius 1 is 1.89 bits per heavy atom. The fourth-order valence-corrected chi connectivity index (χ4v) is 0.609. The molecule has 4 heteroatoms. The number of ether oxygens (including phenoxy) is 1. The van der Waals surface area contributed by atoms with E-state index in [-0.39, 0.29) is 5.01 Å². The Hall–Kier alpha value is -0.510. The molecule has 1 rings (SSSR count). The molecule has 0 aliphatic rings. The second-order valence-electron chi connectivity index (χ2n) is 1.49. The van der Waals surface area contributed by atoms with Gasteiger partial charge in [0.05, 0.1) is 6.20 Å². The van der Waals surface area contributed by atoms with Gasteiger partial charge in [-0.1, -0.05) is 5.16 Å². The van der Waals surface area contributed by atoms with Crippen molar-refractivity contribution >= 4 is 15.9 Å². The third kappa shape index (κ3) is 2.05. The summed E-state index contributed by atoms with van der Waals surface area (Å²) in [6.45, 7) is 1.85. The van der Waals surface area contributed by atoms with Gasteiger partial charge in [-0.05, 0) is 22.9 Å². The highest BCUT2D eigenvalue weighted by Crippen LogP contribution is 2.11. The van der Waals surface area contributed by atoms with Crippen molar-refractivity contribution < 1.29 is 9.26 Å². The second kappa shape index (κ2) is 2.87. The molecule has 1 atom stereocenters. The highest BCUT2D eigenvalue weighted by molar-refractivity contribution is 9.09. The fourth-order valence-electron chi connectivity index (χ4n) is 0.425. The summed E-state index contributed by atoms with van der Waals surface area (Å²) >= 11 is 3.19. The first-order valence-electron chi connectivity index (χ1n) is 2.50. The molecule has 1 aromatic rings. The van der Waals surface area contributed by atoms with Gasteiger partial charge in [0.1, 0.15) is 0 Å². The molecule has 1 aromatic heterocycles. The highest BCUT2D eigenvalue weighted by atomic mass is 79.9. The number of aromatic nitrogens is 1. The van der Waals surface area contributed by atoms with Crippen molar-refractivity contribution in [2.75, 3.05) is 0 Å². The zero-order valence-corrected chi connectivity index (χ0v) is 6.46. The minimum absolute atomic E-state index is 0.0366. The monoisotopic (exact) mass is 191 g/mol. The van der Waals surface area contributed by atoms with Crippen LogP contribution in [0.15, 0.2) is 16.8 Å². The van der Waals surface area contributed by atoms with Gasteiger partial charge in [0.15, 0.2) is 5.01 Å². The maximum Gasteiger partial charge on any atom is 0.312 e. The highest BCUT2D eigenvalue weighted by Gasteiger charge is 1.99. The van der Waals surface area contributed by atoms with Gasteiger partial charge in [0.2, 0.25) is 0 Å². The SMILES string of the molecule is CC(Br)Oc1ccno1. The van der Waals surface area contributed by atoms with Gasteiger partial charge < -0.3 is 9.26 Å². The van der Waals surface area contributed by atoms with Crippen LogP contribution >= 0.6 is 15.9 Å². The summed E-state index contributed by atoms with van der Waals surface area (Å²) in [4.78, 5) is 0. The Kier molecular flexibility index (Phi) is 2.10. The second-order valence-corrected chi connectivity index (χ2v) is 2.78. The van der Waals surface area contributed by atoms with Crippen LogP contribution in [0.4, 0.5) is 0 Å². The predicted molar refractivity (Wildman–Crippen MR) is 35.5 cm³/mol. The third-order valence-corrected chi connectivity index (χ3v) is 0.880. The molecule has 0 amide bonds. The summed E-state index contributed by atoms with van der Waals surface area (Å²) in [5.74, 6) is 0.430. The van der Waals surface area contributed by atoms with E-state index in [1.807, 2.05) is 6.92 Å². The molecule has 1 unspecified atom stereocenters. The van der Waals surface area contributed by atoms with Gasteiger partial charge in [-0.3, -0.25) is 0 Å². The van der Waals surface area contributed by atoms with Gasteiger partial charge >= 0.3 is 5.95 Å². The Morgan fingerprint density at radius 3 is 3.11 bits per heavy atom. The zero-order valence-electron chi connectivity index (χ0n) is 4.87. The van der Waals surface area contributed by atoms with Crippen molar-refractivity contribution in [3.63, 3.8) is 0 Å². The van der Waals surface area contributed by atoms with E-state index in [1.54, 1.807) is 6.07 Å². The summed E-state index contributed by atoms with van der Waals surface area (Å²) in [7, 11) is 0. The van der Waals surface area contributed by atoms with E-state index in [9.17, 15) is 0 Å². The van der Waals surface area contributed by atoms with Crippen LogP contribution in [0.3, 0.4) is 0 Å². The lowest BCUT2D eigenvalue weighted by atomic mass is 10.7. The standard InChI is InChI=1S/C5H6BrNO2/c1-4(6)8-5-2-3-7-9-5/h2-4H,1H3. The van der Waals surface area contributed by atoms with Crippen LogP contribution in [-0.2, 0) is 0 Å². The van der Waals surface area contributed by atoms with Crippen LogP contribution in [0, 0.1) is 0 Å². The zero-order chi connectivity index (χ0) is 6.69. The molecule has 0 aliphatic carbocycles. The van der Waals surface area contributed by atoms with Gasteiger partial charge in [0.25, 0.3) is 0 Å². The van der Waals surface area contributed by atoms with Gasteiger partial charge in [-0.15, -0.1) is 0 Å². The molecule has 0 saturated heterocycles. The fraction of sp³-hybridized carbons (Fsp3) is 0.400. The first-order chi connectivity index (χ1) is 4.29. The average Bonchev–Trinajstić information content (AvgIpc) is 2.15. The number of halogens is 1. The lowest BCUT2D eigenvalue weighted by Gasteiger charge is -2.00. The smallest absolute Gasteiger partial charge is 0.312 e. The molecule has 1 heterocycles. The average molecular weight is 192 g/mol. The van der Waals surface area contributed by atoms with Crippen molar-refractivity contribution in [1.82, 2.24) is 5.16 Å². The molecule has 0 aliphatic heterocycles. The van der Waals surface area contributed by atoms with Crippen LogP contribution in [0.5, 0.6) is 5.95 Å². The van der Waals surface area contributed by atoms with Crippen LogP contribution in [0.1, 0.15) is 6.92 Å². The minimum Gasteiger partial charge on any atom is -0.449 e. The minimum atomic E-state index is -0.0366. The summed E-state index contributed by atoms with van der Waals surface area (Å²) in [6, 6.07) is 1.65. The number of nitrogens with zero attached hydrogens (tertiary/aromatic N) is 1. The van der Waals surface area contributed by atoms with E-state index >= 15 is 0 Å². The number of rotatable bonds is 2. The van der Waals surface area contributed by atoms with Gasteiger partial charge in [0, 0.05) is 6.07 Å². The maximum atomic E-state index is 5.04. The largest absolute Gasteiger partial charge is 0.449 e. The quantitative estimate of drug-likeness (QED) is 0.670. The summed E-state index contributed by atoms with van der Waals surface area (Å²) in [5, 5.41) is 3.42. The molecular formula is C5H6BrNO2. The van der Waals surface area contributed by atoms with E-state index in [0.29, 0.717) is 5.95 Å². The number of hydrogen-bond acceptors (Lipinski definition) is 3. The number of alkyl halides is 1. The molecule has 0 N–H and O–H groups in total. The van der Waals surface area contributed by atoms with Crippen LogP contribution < -0.4 is 4.74 Å². The first kappa shape index (κ1) is 6.61. The Bertz CT molecular complexity index is 161. The van der Waals surface area contributed by atoms with Crippen LogP contribution in [0.25, 0.3) is 0 Å². The van der Waals surface area contributed by atoms with Crippen molar-refractivity contribution in [3.05, 3.63) is 12.3 Å². The van der Waals surface area contributed by atoms with E-state index in [1.165, 1.54) is 6.20 Å². The molecule has 0 bridgehead atoms. The molecule has 0 aromatic carbocycles. The predicted octanol–water partition coefficient (Wildman–Crippen LogP) is 1.79. The molecule has 0 saturated carbocycles. The third-order valence-electron chi connectivity index (χ3n) is 0.693. The molecule has 0 spiro atoms. The van der Waals surface area contributed by atoms with E-state index < -0.39 is 0 Å². The molecular weight excluding hydrogens is 186 g/mol. The van der Waals surface area contributed by atoms with E-state index in [2.05, 4.69) is 25.6 Å². The summed E-state index contributed by atoms with van der Waals surface area (Å²) < 4.78 is 9.68. The molecule has 0 radical (unpaired) electrons. The Balaban J connectivity index is 2.48. The number of hydrogen-bond donors (Lipinski definition) is 0. The lowest BCUT2D eigenvalue weighted by molar-refractivity contribution is 0.210. The maximum absolute atomic E-state index is 5.04. The molecule has 0 fully saturated rings. The summed E-state index contributed by atoms with van der Waals surface area (Å²) in [6.07, 6.45) is 1.53. The van der Waals surface area contributed by atoms with Crippen molar-refractivity contribution in [2.24, 2.45) is 0 Å². The van der Waals surface area contributed by atoms with Crippen molar-refractivity contribution in [2.45, 2.75) is 11.9 Å². The lowest BCUT2D eigenvalue weighted by Crippen LogP contribution is -1.99.